The summed E-state index contributed by atoms with van der Waals surface area (Å²) in [4.78, 5) is 0. The number of unbranched alkanes of at least 4 members (excludes halogenated alkanes) is 14. The molecule has 0 spiro atoms. The van der Waals surface area contributed by atoms with Crippen LogP contribution < -0.4 is 0 Å². The van der Waals surface area contributed by atoms with Gasteiger partial charge in [0.15, 0.2) is 0 Å². The second-order valence-corrected chi connectivity index (χ2v) is 9.87. The fraction of sp³-hybridized carbons (Fsp3) is 1.00. The molecule has 0 atom stereocenters. The van der Waals surface area contributed by atoms with Crippen LogP contribution in [-0.2, 0) is 4.74 Å². The molecule has 2 heteroatoms. The van der Waals surface area contributed by atoms with E-state index in [4.69, 9.17) is 4.74 Å². The summed E-state index contributed by atoms with van der Waals surface area (Å²) in [5.74, 6) is 0. The summed E-state index contributed by atoms with van der Waals surface area (Å²) in [6.07, 6.45) is 23.0. The number of aliphatic hydroxyl groups is 1. The summed E-state index contributed by atoms with van der Waals surface area (Å²) in [6, 6.07) is 0. The maximum Gasteiger partial charge on any atom is 0.0626 e. The molecule has 1 N–H and O–H groups in total. The van der Waals surface area contributed by atoms with Crippen molar-refractivity contribution in [2.45, 2.75) is 155 Å². The molecule has 0 aromatic heterocycles. The van der Waals surface area contributed by atoms with Gasteiger partial charge in [0, 0.05) is 0 Å². The number of hydrogen-bond donors (Lipinski definition) is 1. The van der Waals surface area contributed by atoms with Crippen LogP contribution in [0.4, 0.5) is 0 Å². The average molecular weight is 385 g/mol. The number of hydrogen-bond acceptors (Lipinski definition) is 2. The Labute approximate surface area is 171 Å². The fourth-order valence-electron chi connectivity index (χ4n) is 3.57. The van der Waals surface area contributed by atoms with Gasteiger partial charge in [-0.2, -0.15) is 0 Å². The van der Waals surface area contributed by atoms with Crippen LogP contribution in [0.15, 0.2) is 0 Å². The first kappa shape index (κ1) is 26.9. The minimum Gasteiger partial charge on any atom is -0.390 e. The van der Waals surface area contributed by atoms with Gasteiger partial charge in [0.1, 0.15) is 0 Å². The van der Waals surface area contributed by atoms with Gasteiger partial charge in [-0.05, 0) is 40.5 Å². The van der Waals surface area contributed by atoms with Gasteiger partial charge in [-0.1, -0.05) is 103 Å². The predicted octanol–water partition coefficient (Wildman–Crippen LogP) is 8.20. The molecule has 0 amide bonds. The first-order valence-electron chi connectivity index (χ1n) is 12.1. The highest BCUT2D eigenvalue weighted by atomic mass is 16.5. The van der Waals surface area contributed by atoms with Crippen molar-refractivity contribution in [3.63, 3.8) is 0 Å². The third-order valence-electron chi connectivity index (χ3n) is 5.59. The van der Waals surface area contributed by atoms with Gasteiger partial charge in [-0.3, -0.25) is 0 Å². The minimum absolute atomic E-state index is 0.0538. The Bertz CT molecular complexity index is 304. The fourth-order valence-corrected chi connectivity index (χ4v) is 3.57. The lowest BCUT2D eigenvalue weighted by atomic mass is 9.98. The number of ether oxygens (including phenoxy) is 1. The van der Waals surface area contributed by atoms with Crippen molar-refractivity contribution in [3.8, 4) is 0 Å². The van der Waals surface area contributed by atoms with E-state index in [2.05, 4.69) is 20.8 Å². The third kappa shape index (κ3) is 22.1. The molecule has 164 valence electrons. The highest BCUT2D eigenvalue weighted by molar-refractivity contribution is 4.71. The number of rotatable bonds is 20. The second kappa shape index (κ2) is 16.8. The molecule has 0 saturated heterocycles. The van der Waals surface area contributed by atoms with Gasteiger partial charge in [0.25, 0.3) is 0 Å². The topological polar surface area (TPSA) is 29.5 Å². The van der Waals surface area contributed by atoms with Gasteiger partial charge in [-0.15, -0.1) is 0 Å². The Hall–Kier alpha value is -0.0800. The minimum atomic E-state index is -0.620. The quantitative estimate of drug-likeness (QED) is 0.214. The molecule has 0 aliphatic carbocycles. The highest BCUT2D eigenvalue weighted by Crippen LogP contribution is 2.21. The molecule has 0 heterocycles. The van der Waals surface area contributed by atoms with E-state index in [0.29, 0.717) is 13.0 Å². The molecule has 0 aromatic rings. The maximum atomic E-state index is 9.75. The summed E-state index contributed by atoms with van der Waals surface area (Å²) in [5, 5.41) is 9.75. The Morgan fingerprint density at radius 3 is 1.30 bits per heavy atom. The standard InChI is InChI=1S/C25H52O2/c1-6-7-8-9-10-11-12-13-14-15-16-17-18-19-20-21-25(4,5)27-23-22-24(2,3)26/h26H,6-23H2,1-5H3. The maximum absolute atomic E-state index is 9.75. The molecule has 0 unspecified atom stereocenters. The van der Waals surface area contributed by atoms with Crippen molar-refractivity contribution < 1.29 is 9.84 Å². The highest BCUT2D eigenvalue weighted by Gasteiger charge is 2.20. The first-order chi connectivity index (χ1) is 12.8. The molecule has 0 bridgehead atoms. The molecule has 0 fully saturated rings. The van der Waals surface area contributed by atoms with Crippen LogP contribution in [0.1, 0.15) is 144 Å². The van der Waals surface area contributed by atoms with Crippen molar-refractivity contribution in [3.05, 3.63) is 0 Å². The Morgan fingerprint density at radius 1 is 0.556 bits per heavy atom. The van der Waals surface area contributed by atoms with Crippen LogP contribution in [0.2, 0.25) is 0 Å². The zero-order valence-electron chi connectivity index (χ0n) is 19.6. The molecule has 0 radical (unpaired) electrons. The Kier molecular flexibility index (Phi) is 16.8. The van der Waals surface area contributed by atoms with Gasteiger partial charge in [0.05, 0.1) is 17.8 Å². The molecule has 0 rings (SSSR count). The van der Waals surface area contributed by atoms with E-state index in [1.807, 2.05) is 13.8 Å². The summed E-state index contributed by atoms with van der Waals surface area (Å²) in [7, 11) is 0. The lowest BCUT2D eigenvalue weighted by Gasteiger charge is -2.27. The van der Waals surface area contributed by atoms with E-state index < -0.39 is 5.60 Å². The van der Waals surface area contributed by atoms with Gasteiger partial charge < -0.3 is 9.84 Å². The van der Waals surface area contributed by atoms with Crippen molar-refractivity contribution >= 4 is 0 Å². The normalized spacial score (nSPS) is 12.7. The van der Waals surface area contributed by atoms with Gasteiger partial charge >= 0.3 is 0 Å². The van der Waals surface area contributed by atoms with Crippen molar-refractivity contribution in [1.82, 2.24) is 0 Å². The summed E-state index contributed by atoms with van der Waals surface area (Å²) in [5.41, 5.74) is -0.674. The van der Waals surface area contributed by atoms with Crippen molar-refractivity contribution in [1.29, 1.82) is 0 Å². The molecule has 0 aromatic carbocycles. The molecule has 2 nitrogen and oxygen atoms in total. The molecule has 0 aliphatic rings. The Balaban J connectivity index is 3.30. The zero-order valence-corrected chi connectivity index (χ0v) is 19.6. The SMILES string of the molecule is CCCCCCCCCCCCCCCCCC(C)(C)OCCC(C)(C)O. The Morgan fingerprint density at radius 2 is 0.926 bits per heavy atom. The predicted molar refractivity (Wildman–Crippen MR) is 120 cm³/mol. The van der Waals surface area contributed by atoms with Gasteiger partial charge in [0.2, 0.25) is 0 Å². The van der Waals surface area contributed by atoms with E-state index in [1.165, 1.54) is 96.3 Å². The van der Waals surface area contributed by atoms with Gasteiger partial charge in [-0.25, -0.2) is 0 Å². The lowest BCUT2D eigenvalue weighted by Crippen LogP contribution is -2.28. The summed E-state index contributed by atoms with van der Waals surface area (Å²) < 4.78 is 5.96. The molecular weight excluding hydrogens is 332 g/mol. The van der Waals surface area contributed by atoms with E-state index >= 15 is 0 Å². The van der Waals surface area contributed by atoms with Crippen LogP contribution >= 0.6 is 0 Å². The van der Waals surface area contributed by atoms with Crippen LogP contribution in [0.3, 0.4) is 0 Å². The van der Waals surface area contributed by atoms with Crippen LogP contribution in [0, 0.1) is 0 Å². The molecular formula is C25H52O2. The first-order valence-corrected chi connectivity index (χ1v) is 12.1. The molecule has 0 saturated carbocycles. The van der Waals surface area contributed by atoms with E-state index in [1.54, 1.807) is 0 Å². The van der Waals surface area contributed by atoms with E-state index in [-0.39, 0.29) is 5.60 Å². The summed E-state index contributed by atoms with van der Waals surface area (Å²) >= 11 is 0. The smallest absolute Gasteiger partial charge is 0.0626 e. The van der Waals surface area contributed by atoms with Crippen LogP contribution in [0.5, 0.6) is 0 Å². The van der Waals surface area contributed by atoms with Crippen LogP contribution in [-0.4, -0.2) is 22.9 Å². The monoisotopic (exact) mass is 384 g/mol. The van der Waals surface area contributed by atoms with E-state index in [9.17, 15) is 5.11 Å². The molecule has 0 aliphatic heterocycles. The molecule has 27 heavy (non-hydrogen) atoms. The lowest BCUT2D eigenvalue weighted by molar-refractivity contribution is -0.0510. The largest absolute Gasteiger partial charge is 0.390 e. The zero-order chi connectivity index (χ0) is 20.4. The van der Waals surface area contributed by atoms with Crippen molar-refractivity contribution in [2.24, 2.45) is 0 Å². The van der Waals surface area contributed by atoms with E-state index in [0.717, 1.165) is 6.42 Å². The van der Waals surface area contributed by atoms with Crippen LogP contribution in [0.25, 0.3) is 0 Å². The second-order valence-electron chi connectivity index (χ2n) is 9.87. The van der Waals surface area contributed by atoms with Crippen molar-refractivity contribution in [2.75, 3.05) is 6.61 Å². The third-order valence-corrected chi connectivity index (χ3v) is 5.59. The average Bonchev–Trinajstić information content (AvgIpc) is 2.57. The summed E-state index contributed by atoms with van der Waals surface area (Å²) in [6.45, 7) is 11.0.